The minimum atomic E-state index is -3.89. The van der Waals surface area contributed by atoms with Crippen LogP contribution in [0.2, 0.25) is 5.02 Å². The van der Waals surface area contributed by atoms with Crippen molar-refractivity contribution >= 4 is 39.1 Å². The summed E-state index contributed by atoms with van der Waals surface area (Å²) in [7, 11) is -2.49. The third-order valence-corrected chi connectivity index (χ3v) is 6.86. The number of amides is 2. The number of nitrogens with zero attached hydrogens (tertiary/aromatic N) is 2. The molecular formula is C25H34ClN3O5S. The summed E-state index contributed by atoms with van der Waals surface area (Å²) in [5, 5.41) is 3.19. The molecule has 2 rings (SSSR count). The lowest BCUT2D eigenvalue weighted by atomic mass is 10.1. The van der Waals surface area contributed by atoms with Gasteiger partial charge >= 0.3 is 0 Å². The number of rotatable bonds is 13. The zero-order valence-corrected chi connectivity index (χ0v) is 22.2. The van der Waals surface area contributed by atoms with Crippen molar-refractivity contribution in [2.24, 2.45) is 0 Å². The number of carbonyl (C=O) groups excluding carboxylic acids is 2. The van der Waals surface area contributed by atoms with Gasteiger partial charge in [-0.25, -0.2) is 8.42 Å². The van der Waals surface area contributed by atoms with Crippen LogP contribution in [0.1, 0.15) is 38.7 Å². The highest BCUT2D eigenvalue weighted by molar-refractivity contribution is 7.92. The Balaban J connectivity index is 2.44. The van der Waals surface area contributed by atoms with Crippen LogP contribution in [0.5, 0.6) is 5.75 Å². The summed E-state index contributed by atoms with van der Waals surface area (Å²) >= 11 is 6.12. The summed E-state index contributed by atoms with van der Waals surface area (Å²) < 4.78 is 31.8. The molecule has 2 amide bonds. The van der Waals surface area contributed by atoms with Crippen molar-refractivity contribution in [3.63, 3.8) is 0 Å². The Hall–Kier alpha value is -2.78. The summed E-state index contributed by atoms with van der Waals surface area (Å²) in [6.07, 6.45) is 3.13. The molecule has 0 aliphatic rings. The van der Waals surface area contributed by atoms with Crippen molar-refractivity contribution in [3.8, 4) is 5.75 Å². The Morgan fingerprint density at radius 3 is 2.37 bits per heavy atom. The maximum Gasteiger partial charge on any atom is 0.244 e. The van der Waals surface area contributed by atoms with E-state index in [1.807, 2.05) is 44.2 Å². The number of sulfonamides is 1. The van der Waals surface area contributed by atoms with Crippen molar-refractivity contribution in [2.45, 2.75) is 45.7 Å². The number of anilines is 1. The molecule has 0 aliphatic carbocycles. The molecule has 10 heteroatoms. The zero-order chi connectivity index (χ0) is 26.0. The van der Waals surface area contributed by atoms with E-state index in [-0.39, 0.29) is 23.9 Å². The Morgan fingerprint density at radius 2 is 1.80 bits per heavy atom. The van der Waals surface area contributed by atoms with E-state index in [1.54, 1.807) is 6.07 Å². The molecule has 0 radical (unpaired) electrons. The topological polar surface area (TPSA) is 96.0 Å². The van der Waals surface area contributed by atoms with Gasteiger partial charge in [-0.3, -0.25) is 13.9 Å². The second kappa shape index (κ2) is 13.3. The summed E-state index contributed by atoms with van der Waals surface area (Å²) in [4.78, 5) is 28.1. The monoisotopic (exact) mass is 523 g/mol. The van der Waals surface area contributed by atoms with Crippen LogP contribution in [-0.4, -0.2) is 57.6 Å². The minimum Gasteiger partial charge on any atom is -0.495 e. The summed E-state index contributed by atoms with van der Waals surface area (Å²) in [6.45, 7) is 4.00. The van der Waals surface area contributed by atoms with E-state index >= 15 is 0 Å². The molecule has 8 nitrogen and oxygen atoms in total. The minimum absolute atomic E-state index is 0.149. The fourth-order valence-corrected chi connectivity index (χ4v) is 4.67. The van der Waals surface area contributed by atoms with Crippen molar-refractivity contribution in [1.82, 2.24) is 10.2 Å². The molecule has 2 aromatic rings. The average Bonchev–Trinajstić information content (AvgIpc) is 2.82. The fourth-order valence-electron chi connectivity index (χ4n) is 3.66. The second-order valence-corrected chi connectivity index (χ2v) is 10.5. The van der Waals surface area contributed by atoms with Gasteiger partial charge in [-0.05, 0) is 36.6 Å². The average molecular weight is 524 g/mol. The Kier molecular flexibility index (Phi) is 10.9. The van der Waals surface area contributed by atoms with Crippen LogP contribution in [0, 0.1) is 0 Å². The van der Waals surface area contributed by atoms with Crippen LogP contribution < -0.4 is 14.4 Å². The predicted molar refractivity (Wildman–Crippen MR) is 139 cm³/mol. The largest absolute Gasteiger partial charge is 0.495 e. The van der Waals surface area contributed by atoms with Crippen molar-refractivity contribution in [2.75, 3.05) is 30.8 Å². The molecule has 2 aromatic carbocycles. The first-order valence-electron chi connectivity index (χ1n) is 11.5. The highest BCUT2D eigenvalue weighted by Gasteiger charge is 2.32. The molecule has 0 saturated carbocycles. The highest BCUT2D eigenvalue weighted by atomic mass is 35.5. The third-order valence-electron chi connectivity index (χ3n) is 5.50. The molecule has 0 bridgehead atoms. The van der Waals surface area contributed by atoms with Crippen molar-refractivity contribution in [1.29, 1.82) is 0 Å². The van der Waals surface area contributed by atoms with Gasteiger partial charge in [0.05, 0.1) is 19.1 Å². The number of benzene rings is 2. The van der Waals surface area contributed by atoms with Gasteiger partial charge in [0.25, 0.3) is 0 Å². The summed E-state index contributed by atoms with van der Waals surface area (Å²) in [5.74, 6) is -0.526. The van der Waals surface area contributed by atoms with Crippen LogP contribution in [-0.2, 0) is 26.2 Å². The van der Waals surface area contributed by atoms with E-state index in [0.29, 0.717) is 18.0 Å². The van der Waals surface area contributed by atoms with E-state index in [1.165, 1.54) is 24.1 Å². The molecule has 1 unspecified atom stereocenters. The summed E-state index contributed by atoms with van der Waals surface area (Å²) in [6, 6.07) is 13.1. The number of nitrogens with one attached hydrogen (secondary N) is 1. The maximum atomic E-state index is 13.7. The molecule has 0 aromatic heterocycles. The van der Waals surface area contributed by atoms with Crippen LogP contribution in [0.4, 0.5) is 5.69 Å². The predicted octanol–water partition coefficient (Wildman–Crippen LogP) is 3.84. The molecule has 1 atom stereocenters. The van der Waals surface area contributed by atoms with Gasteiger partial charge in [0, 0.05) is 18.1 Å². The van der Waals surface area contributed by atoms with Gasteiger partial charge in [-0.1, -0.05) is 62.2 Å². The maximum absolute atomic E-state index is 13.7. The Bertz CT molecular complexity index is 1100. The molecule has 35 heavy (non-hydrogen) atoms. The molecule has 0 aliphatic heterocycles. The van der Waals surface area contributed by atoms with E-state index < -0.39 is 28.5 Å². The van der Waals surface area contributed by atoms with Gasteiger partial charge in [0.15, 0.2) is 0 Å². The first-order chi connectivity index (χ1) is 16.6. The van der Waals surface area contributed by atoms with E-state index in [9.17, 15) is 18.0 Å². The standard InChI is InChI=1S/C25H34ClN3O5S/c1-5-7-15-27-25(31)21(6-2)28(17-19-11-9-8-10-12-19)24(30)18-29(35(4,32)33)22-16-20(26)13-14-23(22)34-3/h8-14,16,21H,5-7,15,17-18H2,1-4H3,(H,27,31). The molecule has 192 valence electrons. The number of methoxy groups -OCH3 is 1. The SMILES string of the molecule is CCCCNC(=O)C(CC)N(Cc1ccccc1)C(=O)CN(c1cc(Cl)ccc1OC)S(C)(=O)=O. The number of carbonyl (C=O) groups is 2. The first kappa shape index (κ1) is 28.5. The Morgan fingerprint density at radius 1 is 1.11 bits per heavy atom. The Labute approximate surface area is 213 Å². The normalized spacial score (nSPS) is 12.0. The number of unbranched alkanes of at least 4 members (excludes halogenated alkanes) is 1. The molecule has 0 saturated heterocycles. The lowest BCUT2D eigenvalue weighted by molar-refractivity contribution is -0.140. The van der Waals surface area contributed by atoms with Gasteiger partial charge in [-0.15, -0.1) is 0 Å². The molecule has 0 spiro atoms. The van der Waals surface area contributed by atoms with E-state index in [4.69, 9.17) is 16.3 Å². The van der Waals surface area contributed by atoms with E-state index in [2.05, 4.69) is 5.32 Å². The van der Waals surface area contributed by atoms with Gasteiger partial charge < -0.3 is 15.0 Å². The number of hydrogen-bond donors (Lipinski definition) is 1. The quantitative estimate of drug-likeness (QED) is 0.402. The van der Waals surface area contributed by atoms with Crippen LogP contribution in [0.3, 0.4) is 0 Å². The van der Waals surface area contributed by atoms with Crippen LogP contribution >= 0.6 is 11.6 Å². The smallest absolute Gasteiger partial charge is 0.244 e. The number of ether oxygens (including phenoxy) is 1. The fraction of sp³-hybridized carbons (Fsp3) is 0.440. The molecule has 0 fully saturated rings. The first-order valence-corrected chi connectivity index (χ1v) is 13.8. The highest BCUT2D eigenvalue weighted by Crippen LogP contribution is 2.33. The lowest BCUT2D eigenvalue weighted by Crippen LogP contribution is -2.52. The lowest BCUT2D eigenvalue weighted by Gasteiger charge is -2.33. The third kappa shape index (κ3) is 8.14. The van der Waals surface area contributed by atoms with Crippen molar-refractivity contribution < 1.29 is 22.7 Å². The van der Waals surface area contributed by atoms with Crippen molar-refractivity contribution in [3.05, 3.63) is 59.1 Å². The van der Waals surface area contributed by atoms with Gasteiger partial charge in [-0.2, -0.15) is 0 Å². The molecule has 0 heterocycles. The van der Waals surface area contributed by atoms with Crippen LogP contribution in [0.15, 0.2) is 48.5 Å². The number of halogens is 1. The van der Waals surface area contributed by atoms with E-state index in [0.717, 1.165) is 29.0 Å². The summed E-state index contributed by atoms with van der Waals surface area (Å²) in [5.41, 5.74) is 0.975. The molecular weight excluding hydrogens is 490 g/mol. The number of hydrogen-bond acceptors (Lipinski definition) is 5. The zero-order valence-electron chi connectivity index (χ0n) is 20.7. The molecule has 1 N–H and O–H groups in total. The van der Waals surface area contributed by atoms with Gasteiger partial charge in [0.1, 0.15) is 18.3 Å². The second-order valence-electron chi connectivity index (χ2n) is 8.16. The van der Waals surface area contributed by atoms with Crippen LogP contribution in [0.25, 0.3) is 0 Å². The van der Waals surface area contributed by atoms with Gasteiger partial charge in [0.2, 0.25) is 21.8 Å².